The molecule has 1 aromatic heterocycles. The molecule has 0 amide bonds. The highest BCUT2D eigenvalue weighted by Crippen LogP contribution is 2.28. The number of halogens is 2. The largest absolute Gasteiger partial charge is 0.270 e. The number of hydrogen-bond donors (Lipinski definition) is 0. The molecular weight excluding hydrogens is 301 g/mol. The summed E-state index contributed by atoms with van der Waals surface area (Å²) in [6, 6.07) is 6.03. The van der Waals surface area contributed by atoms with Gasteiger partial charge in [-0.15, -0.1) is 0 Å². The van der Waals surface area contributed by atoms with Crippen LogP contribution in [0.3, 0.4) is 0 Å². The molecular formula is C13H11Cl2N3O2. The van der Waals surface area contributed by atoms with Gasteiger partial charge in [0.2, 0.25) is 0 Å². The van der Waals surface area contributed by atoms with Crippen molar-refractivity contribution in [2.75, 3.05) is 0 Å². The van der Waals surface area contributed by atoms with Crippen LogP contribution >= 0.6 is 23.2 Å². The lowest BCUT2D eigenvalue weighted by atomic mass is 10.1. The molecule has 0 aliphatic heterocycles. The van der Waals surface area contributed by atoms with E-state index in [9.17, 15) is 10.1 Å². The summed E-state index contributed by atoms with van der Waals surface area (Å²) in [7, 11) is 0. The van der Waals surface area contributed by atoms with Crippen LogP contribution < -0.4 is 0 Å². The third-order valence-electron chi connectivity index (χ3n) is 2.72. The summed E-state index contributed by atoms with van der Waals surface area (Å²) in [6.45, 7) is 2.00. The third-order valence-corrected chi connectivity index (χ3v) is 3.35. The van der Waals surface area contributed by atoms with E-state index in [0.29, 0.717) is 17.5 Å². The van der Waals surface area contributed by atoms with Crippen LogP contribution in [0.1, 0.15) is 18.9 Å². The lowest BCUT2D eigenvalue weighted by molar-refractivity contribution is -0.384. The average Bonchev–Trinajstić information content (AvgIpc) is 2.42. The van der Waals surface area contributed by atoms with Crippen molar-refractivity contribution in [2.24, 2.45) is 0 Å². The molecule has 0 aliphatic rings. The van der Waals surface area contributed by atoms with Crippen LogP contribution in [0.4, 0.5) is 5.69 Å². The number of benzene rings is 1. The molecule has 0 saturated heterocycles. The minimum Gasteiger partial charge on any atom is -0.258 e. The minimum atomic E-state index is -0.474. The minimum absolute atomic E-state index is 0.0315. The zero-order valence-corrected chi connectivity index (χ0v) is 12.1. The Morgan fingerprint density at radius 3 is 2.45 bits per heavy atom. The van der Waals surface area contributed by atoms with E-state index in [1.807, 2.05) is 6.92 Å². The maximum absolute atomic E-state index is 10.8. The van der Waals surface area contributed by atoms with Gasteiger partial charge >= 0.3 is 0 Å². The molecule has 2 rings (SSSR count). The fourth-order valence-electron chi connectivity index (χ4n) is 1.77. The first-order valence-electron chi connectivity index (χ1n) is 5.99. The number of rotatable bonds is 4. The lowest BCUT2D eigenvalue weighted by Crippen LogP contribution is -1.98. The molecule has 0 fully saturated rings. The van der Waals surface area contributed by atoms with Crippen LogP contribution in [0.2, 0.25) is 10.3 Å². The maximum Gasteiger partial charge on any atom is 0.270 e. The summed E-state index contributed by atoms with van der Waals surface area (Å²) in [5, 5.41) is 11.3. The fourth-order valence-corrected chi connectivity index (χ4v) is 2.35. The van der Waals surface area contributed by atoms with Crippen LogP contribution in [0.25, 0.3) is 11.4 Å². The van der Waals surface area contributed by atoms with Gasteiger partial charge in [0.05, 0.1) is 4.92 Å². The summed E-state index contributed by atoms with van der Waals surface area (Å²) in [5.41, 5.74) is 1.17. The first-order valence-corrected chi connectivity index (χ1v) is 6.75. The summed E-state index contributed by atoms with van der Waals surface area (Å²) < 4.78 is 0. The molecule has 7 heteroatoms. The van der Waals surface area contributed by atoms with E-state index in [1.165, 1.54) is 12.1 Å². The Morgan fingerprint density at radius 2 is 1.90 bits per heavy atom. The molecule has 0 N–H and O–H groups in total. The second-order valence-corrected chi connectivity index (χ2v) is 4.88. The van der Waals surface area contributed by atoms with Crippen molar-refractivity contribution in [3.8, 4) is 11.4 Å². The Labute approximate surface area is 125 Å². The highest BCUT2D eigenvalue weighted by atomic mass is 35.5. The normalized spacial score (nSPS) is 10.6. The van der Waals surface area contributed by atoms with E-state index >= 15 is 0 Å². The van der Waals surface area contributed by atoms with Crippen molar-refractivity contribution < 1.29 is 4.92 Å². The molecule has 20 heavy (non-hydrogen) atoms. The van der Waals surface area contributed by atoms with Crippen molar-refractivity contribution in [1.82, 2.24) is 9.97 Å². The number of nitro benzene ring substituents is 1. The highest BCUT2D eigenvalue weighted by Gasteiger charge is 2.14. The molecule has 0 unspecified atom stereocenters. The topological polar surface area (TPSA) is 68.9 Å². The molecule has 2 aromatic rings. The SMILES string of the molecule is CCCc1c(Cl)nc(-c2cccc([N+](=O)[O-])c2)nc1Cl. The van der Waals surface area contributed by atoms with Gasteiger partial charge in [0.1, 0.15) is 10.3 Å². The Hall–Kier alpha value is -1.72. The highest BCUT2D eigenvalue weighted by molar-refractivity contribution is 6.34. The van der Waals surface area contributed by atoms with Gasteiger partial charge in [-0.05, 0) is 6.42 Å². The van der Waals surface area contributed by atoms with E-state index in [0.717, 1.165) is 6.42 Å². The molecule has 0 atom stereocenters. The van der Waals surface area contributed by atoms with Crippen LogP contribution in [-0.4, -0.2) is 14.9 Å². The molecule has 0 bridgehead atoms. The van der Waals surface area contributed by atoms with Gasteiger partial charge in [-0.3, -0.25) is 10.1 Å². The monoisotopic (exact) mass is 311 g/mol. The van der Waals surface area contributed by atoms with Crippen LogP contribution in [0.5, 0.6) is 0 Å². The summed E-state index contributed by atoms with van der Waals surface area (Å²) in [6.07, 6.45) is 1.56. The molecule has 1 heterocycles. The standard InChI is InChI=1S/C13H11Cl2N3O2/c1-2-4-10-11(14)16-13(17-12(10)15)8-5-3-6-9(7-8)18(19)20/h3,5-7H,2,4H2,1H3. The number of non-ortho nitro benzene ring substituents is 1. The van der Waals surface area contributed by atoms with E-state index in [-0.39, 0.29) is 21.8 Å². The van der Waals surface area contributed by atoms with E-state index in [2.05, 4.69) is 9.97 Å². The Bertz CT molecular complexity index is 639. The Morgan fingerprint density at radius 1 is 1.25 bits per heavy atom. The molecule has 0 saturated carbocycles. The summed E-state index contributed by atoms with van der Waals surface area (Å²) in [5.74, 6) is 0.281. The molecule has 0 radical (unpaired) electrons. The van der Waals surface area contributed by atoms with E-state index < -0.39 is 4.92 Å². The quantitative estimate of drug-likeness (QED) is 0.479. The van der Waals surface area contributed by atoms with Crippen molar-refractivity contribution >= 4 is 28.9 Å². The van der Waals surface area contributed by atoms with Crippen molar-refractivity contribution in [2.45, 2.75) is 19.8 Å². The maximum atomic E-state index is 10.8. The third kappa shape index (κ3) is 3.05. The number of nitrogens with zero attached hydrogens (tertiary/aromatic N) is 3. The first-order chi connectivity index (χ1) is 9.52. The van der Waals surface area contributed by atoms with Gasteiger partial charge < -0.3 is 0 Å². The second-order valence-electron chi connectivity index (χ2n) is 4.16. The summed E-state index contributed by atoms with van der Waals surface area (Å²) in [4.78, 5) is 18.6. The first kappa shape index (κ1) is 14.7. The van der Waals surface area contributed by atoms with E-state index in [1.54, 1.807) is 12.1 Å². The predicted molar refractivity (Wildman–Crippen MR) is 78.1 cm³/mol. The Kier molecular flexibility index (Phi) is 4.52. The van der Waals surface area contributed by atoms with Gasteiger partial charge in [-0.2, -0.15) is 0 Å². The van der Waals surface area contributed by atoms with Crippen LogP contribution in [0.15, 0.2) is 24.3 Å². The summed E-state index contributed by atoms with van der Waals surface area (Å²) >= 11 is 12.2. The van der Waals surface area contributed by atoms with Gasteiger partial charge in [0, 0.05) is 23.3 Å². The zero-order valence-electron chi connectivity index (χ0n) is 10.6. The van der Waals surface area contributed by atoms with Crippen LogP contribution in [-0.2, 0) is 6.42 Å². The number of nitro groups is 1. The average molecular weight is 312 g/mol. The second kappa shape index (κ2) is 6.15. The number of hydrogen-bond acceptors (Lipinski definition) is 4. The molecule has 5 nitrogen and oxygen atoms in total. The van der Waals surface area contributed by atoms with Crippen LogP contribution in [0, 0.1) is 10.1 Å². The smallest absolute Gasteiger partial charge is 0.258 e. The van der Waals surface area contributed by atoms with Crippen molar-refractivity contribution in [1.29, 1.82) is 0 Å². The van der Waals surface area contributed by atoms with Gasteiger partial charge in [0.15, 0.2) is 5.82 Å². The Balaban J connectivity index is 2.48. The van der Waals surface area contributed by atoms with Gasteiger partial charge in [-0.25, -0.2) is 9.97 Å². The lowest BCUT2D eigenvalue weighted by Gasteiger charge is -2.07. The predicted octanol–water partition coefficient (Wildman–Crippen LogP) is 4.31. The molecule has 104 valence electrons. The van der Waals surface area contributed by atoms with Gasteiger partial charge in [-0.1, -0.05) is 48.7 Å². The van der Waals surface area contributed by atoms with E-state index in [4.69, 9.17) is 23.2 Å². The molecule has 0 spiro atoms. The zero-order chi connectivity index (χ0) is 14.7. The van der Waals surface area contributed by atoms with Gasteiger partial charge in [0.25, 0.3) is 5.69 Å². The molecule has 0 aliphatic carbocycles. The molecule has 1 aromatic carbocycles. The number of aromatic nitrogens is 2. The van der Waals surface area contributed by atoms with Crippen molar-refractivity contribution in [3.63, 3.8) is 0 Å². The fraction of sp³-hybridized carbons (Fsp3) is 0.231. The van der Waals surface area contributed by atoms with Crippen molar-refractivity contribution in [3.05, 3.63) is 50.2 Å².